The van der Waals surface area contributed by atoms with Crippen molar-refractivity contribution in [3.63, 3.8) is 0 Å². The summed E-state index contributed by atoms with van der Waals surface area (Å²) in [5, 5.41) is 5.90. The van der Waals surface area contributed by atoms with Gasteiger partial charge in [0.15, 0.2) is 5.78 Å². The Hall–Kier alpha value is -4.23. The van der Waals surface area contributed by atoms with Crippen LogP contribution in [0.5, 0.6) is 0 Å². The monoisotopic (exact) mass is 488 g/mol. The molecule has 0 aliphatic carbocycles. The summed E-state index contributed by atoms with van der Waals surface area (Å²) >= 11 is 6.16. The Bertz CT molecular complexity index is 1400. The molecule has 0 saturated carbocycles. The van der Waals surface area contributed by atoms with Gasteiger partial charge in [-0.15, -0.1) is 0 Å². The third-order valence-electron chi connectivity index (χ3n) is 5.30. The molecule has 1 aromatic heterocycles. The molecule has 2 heterocycles. The number of carbonyl (C=O) groups is 3. The molecule has 35 heavy (non-hydrogen) atoms. The van der Waals surface area contributed by atoms with Crippen molar-refractivity contribution in [2.24, 2.45) is 5.10 Å². The molecule has 0 radical (unpaired) electrons. The van der Waals surface area contributed by atoms with Crippen molar-refractivity contribution in [1.82, 2.24) is 0 Å². The highest BCUT2D eigenvalue weighted by molar-refractivity contribution is 6.33. The Morgan fingerprint density at radius 3 is 2.57 bits per heavy atom. The summed E-state index contributed by atoms with van der Waals surface area (Å²) in [5.41, 5.74) is 2.86. The van der Waals surface area contributed by atoms with E-state index in [0.717, 1.165) is 0 Å². The fraction of sp³-hybridized carbons (Fsp3) is 0.111. The predicted molar refractivity (Wildman–Crippen MR) is 135 cm³/mol. The molecule has 2 aromatic carbocycles. The molecule has 7 nitrogen and oxygen atoms in total. The van der Waals surface area contributed by atoms with Gasteiger partial charge in [0.1, 0.15) is 18.1 Å². The number of halogens is 1. The molecule has 176 valence electrons. The number of furan rings is 1. The Labute approximate surface area is 206 Å². The minimum Gasteiger partial charge on any atom is -0.458 e. The van der Waals surface area contributed by atoms with E-state index >= 15 is 0 Å². The highest BCUT2D eigenvalue weighted by atomic mass is 35.5. The van der Waals surface area contributed by atoms with Gasteiger partial charge in [0.2, 0.25) is 0 Å². The lowest BCUT2D eigenvalue weighted by Crippen LogP contribution is -2.21. The maximum absolute atomic E-state index is 13.0. The third-order valence-corrected chi connectivity index (χ3v) is 5.63. The van der Waals surface area contributed by atoms with Gasteiger partial charge >= 0.3 is 5.97 Å². The van der Waals surface area contributed by atoms with E-state index in [1.807, 2.05) is 0 Å². The van der Waals surface area contributed by atoms with Gasteiger partial charge in [0.25, 0.3) is 5.91 Å². The highest BCUT2D eigenvalue weighted by Crippen LogP contribution is 2.30. The Balaban J connectivity index is 1.57. The average molecular weight is 489 g/mol. The van der Waals surface area contributed by atoms with Crippen molar-refractivity contribution < 1.29 is 23.5 Å². The minimum absolute atomic E-state index is 0.0559. The van der Waals surface area contributed by atoms with Gasteiger partial charge in [-0.3, -0.25) is 9.59 Å². The first-order chi connectivity index (χ1) is 16.8. The number of hydrazone groups is 1. The van der Waals surface area contributed by atoms with Crippen LogP contribution in [0.15, 0.2) is 82.3 Å². The number of benzene rings is 2. The SMILES string of the molecule is C=CCOC(=O)c1cc(-c2ccc(/C=C3/C(=O)N(c4ccc(C(C)=O)cc4)N=C3C)o2)ccc1Cl. The number of esters is 1. The van der Waals surface area contributed by atoms with Gasteiger partial charge in [-0.05, 0) is 74.5 Å². The molecule has 0 atom stereocenters. The van der Waals surface area contributed by atoms with Crippen molar-refractivity contribution >= 4 is 46.7 Å². The maximum atomic E-state index is 13.0. The molecule has 8 heteroatoms. The van der Waals surface area contributed by atoms with Crippen LogP contribution in [0.4, 0.5) is 5.69 Å². The molecule has 1 amide bonds. The molecule has 1 aliphatic rings. The molecule has 0 N–H and O–H groups in total. The Morgan fingerprint density at radius 1 is 1.14 bits per heavy atom. The summed E-state index contributed by atoms with van der Waals surface area (Å²) in [4.78, 5) is 36.8. The quantitative estimate of drug-likeness (QED) is 0.177. The van der Waals surface area contributed by atoms with Crippen molar-refractivity contribution in [1.29, 1.82) is 0 Å². The third kappa shape index (κ3) is 5.00. The summed E-state index contributed by atoms with van der Waals surface area (Å²) < 4.78 is 11.0. The summed E-state index contributed by atoms with van der Waals surface area (Å²) in [6.07, 6.45) is 3.09. The maximum Gasteiger partial charge on any atom is 0.339 e. The average Bonchev–Trinajstić information content (AvgIpc) is 3.43. The van der Waals surface area contributed by atoms with Crippen molar-refractivity contribution in [2.45, 2.75) is 13.8 Å². The first-order valence-electron chi connectivity index (χ1n) is 10.7. The molecule has 0 saturated heterocycles. The number of hydrogen-bond acceptors (Lipinski definition) is 6. The molecule has 4 rings (SSSR count). The molecule has 0 unspecified atom stereocenters. The summed E-state index contributed by atoms with van der Waals surface area (Å²) in [5.74, 6) is 0.000276. The Kier molecular flexibility index (Phi) is 6.80. The normalized spacial score (nSPS) is 14.3. The van der Waals surface area contributed by atoms with Gasteiger partial charge in [-0.2, -0.15) is 10.1 Å². The van der Waals surface area contributed by atoms with Crippen LogP contribution in [-0.2, 0) is 9.53 Å². The second-order valence-electron chi connectivity index (χ2n) is 7.75. The zero-order valence-corrected chi connectivity index (χ0v) is 19.8. The van der Waals surface area contributed by atoms with Gasteiger partial charge in [-0.25, -0.2) is 4.79 Å². The van der Waals surface area contributed by atoms with E-state index in [1.165, 1.54) is 18.0 Å². The number of Topliss-reactive ketones (excluding diaryl/α,β-unsaturated/α-hetero) is 1. The summed E-state index contributed by atoms with van der Waals surface area (Å²) in [7, 11) is 0. The number of ether oxygens (including phenoxy) is 1. The topological polar surface area (TPSA) is 89.2 Å². The number of carbonyl (C=O) groups excluding carboxylic acids is 3. The molecule has 0 spiro atoms. The van der Waals surface area contributed by atoms with Gasteiger partial charge < -0.3 is 9.15 Å². The number of amides is 1. The van der Waals surface area contributed by atoms with Crippen molar-refractivity contribution in [2.75, 3.05) is 11.6 Å². The van der Waals surface area contributed by atoms with Crippen LogP contribution in [0.1, 0.15) is 40.3 Å². The molecular weight excluding hydrogens is 468 g/mol. The van der Waals surface area contributed by atoms with E-state index in [0.29, 0.717) is 39.6 Å². The first-order valence-corrected chi connectivity index (χ1v) is 11.1. The first kappa shape index (κ1) is 23.9. The number of anilines is 1. The van der Waals surface area contributed by atoms with E-state index < -0.39 is 5.97 Å². The molecule has 0 bridgehead atoms. The zero-order valence-electron chi connectivity index (χ0n) is 19.1. The largest absolute Gasteiger partial charge is 0.458 e. The minimum atomic E-state index is -0.564. The van der Waals surface area contributed by atoms with Crippen LogP contribution in [0.25, 0.3) is 17.4 Å². The lowest BCUT2D eigenvalue weighted by atomic mass is 10.1. The highest BCUT2D eigenvalue weighted by Gasteiger charge is 2.29. The standard InChI is InChI=1S/C27H21ClN2O5/c1-4-13-34-27(33)23-14-19(7-11-24(23)28)25-12-10-21(35-25)15-22-16(2)29-30(26(22)32)20-8-5-18(6-9-20)17(3)31/h4-12,14-15H,1,13H2,2-3H3/b22-15+. The second kappa shape index (κ2) is 9.95. The second-order valence-corrected chi connectivity index (χ2v) is 8.15. The van der Waals surface area contributed by atoms with Gasteiger partial charge in [-0.1, -0.05) is 24.3 Å². The zero-order chi connectivity index (χ0) is 25.1. The van der Waals surface area contributed by atoms with Gasteiger partial charge in [0, 0.05) is 11.1 Å². The number of ketones is 1. The Morgan fingerprint density at radius 2 is 1.89 bits per heavy atom. The van der Waals surface area contributed by atoms with Gasteiger partial charge in [0.05, 0.1) is 27.6 Å². The lowest BCUT2D eigenvalue weighted by molar-refractivity contribution is -0.114. The fourth-order valence-electron chi connectivity index (χ4n) is 3.47. The van der Waals surface area contributed by atoms with Crippen LogP contribution in [-0.4, -0.2) is 30.0 Å². The van der Waals surface area contributed by atoms with E-state index in [1.54, 1.807) is 67.6 Å². The van der Waals surface area contributed by atoms with Crippen molar-refractivity contribution in [3.05, 3.63) is 94.7 Å². The van der Waals surface area contributed by atoms with Crippen LogP contribution in [0.2, 0.25) is 5.02 Å². The number of rotatable bonds is 7. The van der Waals surface area contributed by atoms with E-state index in [-0.39, 0.29) is 28.9 Å². The summed E-state index contributed by atoms with van der Waals surface area (Å²) in [6, 6.07) is 15.0. The van der Waals surface area contributed by atoms with Crippen LogP contribution >= 0.6 is 11.6 Å². The predicted octanol–water partition coefficient (Wildman–Crippen LogP) is 5.95. The van der Waals surface area contributed by atoms with E-state index in [9.17, 15) is 14.4 Å². The summed E-state index contributed by atoms with van der Waals surface area (Å²) in [6.45, 7) is 6.81. The molecule has 3 aromatic rings. The molecule has 0 fully saturated rings. The van der Waals surface area contributed by atoms with Crippen LogP contribution < -0.4 is 5.01 Å². The molecular formula is C27H21ClN2O5. The van der Waals surface area contributed by atoms with E-state index in [4.69, 9.17) is 20.8 Å². The number of nitrogens with zero attached hydrogens (tertiary/aromatic N) is 2. The van der Waals surface area contributed by atoms with E-state index in [2.05, 4.69) is 11.7 Å². The smallest absolute Gasteiger partial charge is 0.339 e. The number of hydrogen-bond donors (Lipinski definition) is 0. The van der Waals surface area contributed by atoms with Crippen molar-refractivity contribution in [3.8, 4) is 11.3 Å². The van der Waals surface area contributed by atoms with Crippen LogP contribution in [0, 0.1) is 0 Å². The van der Waals surface area contributed by atoms with Crippen LogP contribution in [0.3, 0.4) is 0 Å². The fourth-order valence-corrected chi connectivity index (χ4v) is 3.67. The molecule has 1 aliphatic heterocycles. The lowest BCUT2D eigenvalue weighted by Gasteiger charge is -2.11.